The molecule has 1 heterocycles. The van der Waals surface area contributed by atoms with Gasteiger partial charge in [0.2, 0.25) is 5.75 Å². The number of aryl methyl sites for hydroxylation is 1. The highest BCUT2D eigenvalue weighted by Gasteiger charge is 2.17. The number of ether oxygens (including phenoxy) is 2. The molecule has 25 heavy (non-hydrogen) atoms. The third-order valence-electron chi connectivity index (χ3n) is 3.45. The molecule has 0 unspecified atom stereocenters. The van der Waals surface area contributed by atoms with Gasteiger partial charge < -0.3 is 25.4 Å². The Labute approximate surface area is 143 Å². The molecule has 0 saturated heterocycles. The van der Waals surface area contributed by atoms with E-state index in [1.54, 1.807) is 12.1 Å². The number of amides is 2. The summed E-state index contributed by atoms with van der Waals surface area (Å²) < 4.78 is 15.9. The van der Waals surface area contributed by atoms with Crippen molar-refractivity contribution in [2.75, 3.05) is 13.2 Å². The van der Waals surface area contributed by atoms with Crippen molar-refractivity contribution < 1.29 is 23.5 Å². The van der Waals surface area contributed by atoms with Crippen LogP contribution in [0.5, 0.6) is 11.5 Å². The molecule has 1 aromatic heterocycles. The van der Waals surface area contributed by atoms with Gasteiger partial charge in [-0.15, -0.1) is 0 Å². The fourth-order valence-electron chi connectivity index (χ4n) is 2.37. The molecule has 134 valence electrons. The summed E-state index contributed by atoms with van der Waals surface area (Å²) in [5.41, 5.74) is 10.6. The second kappa shape index (κ2) is 8.18. The fourth-order valence-corrected chi connectivity index (χ4v) is 2.37. The SMILES string of the molecule is CCCCc1cc(=O)oc2c(OCC(N)=O)c(OCC(N)=O)ccc12. The van der Waals surface area contributed by atoms with Crippen LogP contribution in [-0.2, 0) is 16.0 Å². The quantitative estimate of drug-likeness (QED) is 0.645. The first-order chi connectivity index (χ1) is 11.9. The Morgan fingerprint density at radius 2 is 1.80 bits per heavy atom. The lowest BCUT2D eigenvalue weighted by Gasteiger charge is -2.14. The number of rotatable bonds is 9. The Balaban J connectivity index is 2.57. The number of benzene rings is 1. The predicted octanol–water partition coefficient (Wildman–Crippen LogP) is 0.864. The van der Waals surface area contributed by atoms with Gasteiger partial charge in [-0.2, -0.15) is 0 Å². The van der Waals surface area contributed by atoms with Gasteiger partial charge in [0.15, 0.2) is 24.5 Å². The Morgan fingerprint density at radius 1 is 1.12 bits per heavy atom. The first kappa shape index (κ1) is 18.3. The minimum Gasteiger partial charge on any atom is -0.480 e. The van der Waals surface area contributed by atoms with Crippen molar-refractivity contribution >= 4 is 22.8 Å². The summed E-state index contributed by atoms with van der Waals surface area (Å²) in [4.78, 5) is 33.9. The Bertz CT molecular complexity index is 843. The highest BCUT2D eigenvalue weighted by molar-refractivity contribution is 5.88. The van der Waals surface area contributed by atoms with Crippen LogP contribution in [0.1, 0.15) is 25.3 Å². The van der Waals surface area contributed by atoms with Crippen molar-refractivity contribution in [3.05, 3.63) is 34.2 Å². The van der Waals surface area contributed by atoms with Crippen molar-refractivity contribution in [2.45, 2.75) is 26.2 Å². The molecule has 2 aromatic rings. The molecule has 0 fully saturated rings. The van der Waals surface area contributed by atoms with Crippen LogP contribution in [0.3, 0.4) is 0 Å². The number of carbonyl (C=O) groups excluding carboxylic acids is 2. The van der Waals surface area contributed by atoms with Crippen molar-refractivity contribution in [1.82, 2.24) is 0 Å². The summed E-state index contributed by atoms with van der Waals surface area (Å²) in [5, 5.41) is 0.666. The molecule has 0 atom stereocenters. The van der Waals surface area contributed by atoms with E-state index >= 15 is 0 Å². The highest BCUT2D eigenvalue weighted by Crippen LogP contribution is 2.36. The van der Waals surface area contributed by atoms with E-state index < -0.39 is 30.7 Å². The van der Waals surface area contributed by atoms with Gasteiger partial charge in [-0.1, -0.05) is 13.3 Å². The molecule has 8 heteroatoms. The average Bonchev–Trinajstić information content (AvgIpc) is 2.55. The van der Waals surface area contributed by atoms with Crippen LogP contribution in [0.2, 0.25) is 0 Å². The van der Waals surface area contributed by atoms with Gasteiger partial charge in [-0.3, -0.25) is 9.59 Å². The van der Waals surface area contributed by atoms with E-state index in [-0.39, 0.29) is 17.1 Å². The Hall–Kier alpha value is -3.03. The predicted molar refractivity (Wildman–Crippen MR) is 90.5 cm³/mol. The molecule has 0 radical (unpaired) electrons. The molecular formula is C17H20N2O6. The summed E-state index contributed by atoms with van der Waals surface area (Å²) in [5.74, 6) is -1.22. The molecule has 0 aliphatic carbocycles. The second-order valence-corrected chi connectivity index (χ2v) is 5.47. The Morgan fingerprint density at radius 3 is 2.44 bits per heavy atom. The molecule has 0 bridgehead atoms. The maximum absolute atomic E-state index is 11.9. The zero-order valence-electron chi connectivity index (χ0n) is 13.9. The zero-order valence-corrected chi connectivity index (χ0v) is 13.9. The first-order valence-corrected chi connectivity index (χ1v) is 7.84. The van der Waals surface area contributed by atoms with Gasteiger partial charge in [0.25, 0.3) is 11.8 Å². The van der Waals surface area contributed by atoms with Crippen LogP contribution >= 0.6 is 0 Å². The Kier molecular flexibility index (Phi) is 5.99. The van der Waals surface area contributed by atoms with E-state index in [0.717, 1.165) is 18.4 Å². The summed E-state index contributed by atoms with van der Waals surface area (Å²) in [6.45, 7) is 1.22. The van der Waals surface area contributed by atoms with Crippen LogP contribution in [0.15, 0.2) is 27.4 Å². The van der Waals surface area contributed by atoms with Crippen molar-refractivity contribution in [2.24, 2.45) is 11.5 Å². The molecule has 2 rings (SSSR count). The first-order valence-electron chi connectivity index (χ1n) is 7.84. The lowest BCUT2D eigenvalue weighted by atomic mass is 10.0. The van der Waals surface area contributed by atoms with Gasteiger partial charge in [0, 0.05) is 11.5 Å². The van der Waals surface area contributed by atoms with Crippen LogP contribution in [0, 0.1) is 0 Å². The number of primary amides is 2. The molecule has 2 amide bonds. The van der Waals surface area contributed by atoms with Gasteiger partial charge in [0.1, 0.15) is 0 Å². The number of hydrogen-bond acceptors (Lipinski definition) is 6. The van der Waals surface area contributed by atoms with Gasteiger partial charge in [-0.25, -0.2) is 4.79 Å². The maximum Gasteiger partial charge on any atom is 0.336 e. The van der Waals surface area contributed by atoms with Crippen LogP contribution in [0.4, 0.5) is 0 Å². The van der Waals surface area contributed by atoms with E-state index in [0.29, 0.717) is 11.8 Å². The molecule has 0 aliphatic rings. The van der Waals surface area contributed by atoms with Crippen molar-refractivity contribution in [3.8, 4) is 11.5 Å². The minimum atomic E-state index is -0.706. The number of carbonyl (C=O) groups is 2. The van der Waals surface area contributed by atoms with E-state index in [2.05, 4.69) is 0 Å². The average molecular weight is 348 g/mol. The van der Waals surface area contributed by atoms with Gasteiger partial charge in [0.05, 0.1) is 0 Å². The van der Waals surface area contributed by atoms with Crippen LogP contribution in [-0.4, -0.2) is 25.0 Å². The zero-order chi connectivity index (χ0) is 18.4. The van der Waals surface area contributed by atoms with Crippen molar-refractivity contribution in [1.29, 1.82) is 0 Å². The number of fused-ring (bicyclic) bond motifs is 1. The molecule has 4 N–H and O–H groups in total. The van der Waals surface area contributed by atoms with E-state index in [4.69, 9.17) is 25.4 Å². The molecular weight excluding hydrogens is 328 g/mol. The minimum absolute atomic E-state index is 0.0352. The number of nitrogens with two attached hydrogens (primary N) is 2. The summed E-state index contributed by atoms with van der Waals surface area (Å²) >= 11 is 0. The lowest BCUT2D eigenvalue weighted by molar-refractivity contribution is -0.121. The molecule has 0 spiro atoms. The summed E-state index contributed by atoms with van der Waals surface area (Å²) in [6, 6.07) is 4.70. The summed E-state index contributed by atoms with van der Waals surface area (Å²) in [6.07, 6.45) is 2.55. The lowest BCUT2D eigenvalue weighted by Crippen LogP contribution is -2.22. The topological polar surface area (TPSA) is 135 Å². The van der Waals surface area contributed by atoms with E-state index in [1.165, 1.54) is 6.07 Å². The maximum atomic E-state index is 11.9. The van der Waals surface area contributed by atoms with E-state index in [9.17, 15) is 14.4 Å². The molecule has 1 aromatic carbocycles. The largest absolute Gasteiger partial charge is 0.480 e. The molecule has 0 saturated carbocycles. The second-order valence-electron chi connectivity index (χ2n) is 5.47. The van der Waals surface area contributed by atoms with Crippen LogP contribution < -0.4 is 26.6 Å². The monoisotopic (exact) mass is 348 g/mol. The van der Waals surface area contributed by atoms with Crippen molar-refractivity contribution in [3.63, 3.8) is 0 Å². The molecule has 8 nitrogen and oxygen atoms in total. The standard InChI is InChI=1S/C17H20N2O6/c1-2-3-4-10-7-15(22)25-16-11(10)5-6-12(23-8-13(18)20)17(16)24-9-14(19)21/h5-7H,2-4,8-9H2,1H3,(H2,18,20)(H2,19,21). The molecule has 0 aliphatic heterocycles. The van der Waals surface area contributed by atoms with Gasteiger partial charge >= 0.3 is 5.63 Å². The number of unbranched alkanes of at least 4 members (excludes halogenated alkanes) is 1. The highest BCUT2D eigenvalue weighted by atomic mass is 16.5. The van der Waals surface area contributed by atoms with E-state index in [1.807, 2.05) is 6.92 Å². The number of hydrogen-bond donors (Lipinski definition) is 2. The van der Waals surface area contributed by atoms with Crippen LogP contribution in [0.25, 0.3) is 11.0 Å². The third-order valence-corrected chi connectivity index (χ3v) is 3.45. The van der Waals surface area contributed by atoms with Gasteiger partial charge in [-0.05, 0) is 30.5 Å². The summed E-state index contributed by atoms with van der Waals surface area (Å²) in [7, 11) is 0. The third kappa shape index (κ3) is 4.72. The normalized spacial score (nSPS) is 10.6. The smallest absolute Gasteiger partial charge is 0.336 e. The fraction of sp³-hybridized carbons (Fsp3) is 0.353.